The fraction of sp³-hybridized carbons (Fsp3) is 0.391. The van der Waals surface area contributed by atoms with Crippen LogP contribution in [0.2, 0.25) is 0 Å². The Labute approximate surface area is 180 Å². The van der Waals surface area contributed by atoms with Crippen molar-refractivity contribution in [1.29, 1.82) is 0 Å². The molecule has 2 aromatic carbocycles. The second kappa shape index (κ2) is 8.57. The largest absolute Gasteiger partial charge is 0.371 e. The molecule has 5 nitrogen and oxygen atoms in total. The highest BCUT2D eigenvalue weighted by molar-refractivity contribution is 9.10. The summed E-state index contributed by atoms with van der Waals surface area (Å²) in [5.41, 5.74) is 3.23. The Morgan fingerprint density at radius 1 is 1.14 bits per heavy atom. The van der Waals surface area contributed by atoms with Crippen molar-refractivity contribution in [2.45, 2.75) is 25.8 Å². The number of amides is 2. The number of halogens is 1. The molecule has 2 aliphatic heterocycles. The van der Waals surface area contributed by atoms with E-state index in [2.05, 4.69) is 39.0 Å². The molecule has 2 heterocycles. The summed E-state index contributed by atoms with van der Waals surface area (Å²) in [6.45, 7) is 3.15. The number of hydrogen-bond acceptors (Lipinski definition) is 3. The Kier molecular flexibility index (Phi) is 5.90. The summed E-state index contributed by atoms with van der Waals surface area (Å²) in [6.07, 6.45) is 2.71. The molecule has 0 N–H and O–H groups in total. The predicted molar refractivity (Wildman–Crippen MR) is 119 cm³/mol. The van der Waals surface area contributed by atoms with Gasteiger partial charge in [0.1, 0.15) is 0 Å². The van der Waals surface area contributed by atoms with Crippen molar-refractivity contribution in [3.8, 4) is 0 Å². The first-order valence-corrected chi connectivity index (χ1v) is 11.0. The smallest absolute Gasteiger partial charge is 0.228 e. The Balaban J connectivity index is 1.44. The van der Waals surface area contributed by atoms with Crippen LogP contribution in [0.1, 0.15) is 24.8 Å². The molecule has 0 spiro atoms. The number of carbonyl (C=O) groups excluding carboxylic acids is 2. The van der Waals surface area contributed by atoms with Crippen molar-refractivity contribution in [1.82, 2.24) is 4.90 Å². The second-order valence-corrected chi connectivity index (χ2v) is 8.82. The molecule has 2 aliphatic rings. The van der Waals surface area contributed by atoms with Crippen molar-refractivity contribution in [2.24, 2.45) is 5.92 Å². The fourth-order valence-corrected chi connectivity index (χ4v) is 4.71. The highest BCUT2D eigenvalue weighted by Crippen LogP contribution is 2.29. The van der Waals surface area contributed by atoms with Gasteiger partial charge in [0, 0.05) is 55.5 Å². The van der Waals surface area contributed by atoms with E-state index in [0.717, 1.165) is 23.2 Å². The van der Waals surface area contributed by atoms with Crippen LogP contribution in [0.3, 0.4) is 0 Å². The third kappa shape index (κ3) is 4.32. The van der Waals surface area contributed by atoms with Crippen molar-refractivity contribution in [2.75, 3.05) is 36.5 Å². The minimum atomic E-state index is -0.301. The molecule has 2 aromatic rings. The van der Waals surface area contributed by atoms with E-state index >= 15 is 0 Å². The molecule has 4 rings (SSSR count). The Hall–Kier alpha value is -2.34. The van der Waals surface area contributed by atoms with Gasteiger partial charge in [-0.25, -0.2) is 0 Å². The Morgan fingerprint density at radius 3 is 2.66 bits per heavy atom. The minimum absolute atomic E-state index is 0.00677. The van der Waals surface area contributed by atoms with Gasteiger partial charge in [-0.05, 0) is 42.7 Å². The quantitative estimate of drug-likeness (QED) is 0.682. The number of nitrogens with zero attached hydrogens (tertiary/aromatic N) is 3. The van der Waals surface area contributed by atoms with Crippen LogP contribution in [-0.4, -0.2) is 43.4 Å². The summed E-state index contributed by atoms with van der Waals surface area (Å²) in [7, 11) is 1.84. The highest BCUT2D eigenvalue weighted by Gasteiger charge is 2.36. The minimum Gasteiger partial charge on any atom is -0.371 e. The highest BCUT2D eigenvalue weighted by atomic mass is 79.9. The van der Waals surface area contributed by atoms with Crippen molar-refractivity contribution < 1.29 is 9.59 Å². The molecule has 0 radical (unpaired) electrons. The molecular formula is C23H26BrN3O2. The summed E-state index contributed by atoms with van der Waals surface area (Å²) >= 11 is 3.45. The first-order chi connectivity index (χ1) is 14.0. The summed E-state index contributed by atoms with van der Waals surface area (Å²) < 4.78 is 0.924. The van der Waals surface area contributed by atoms with E-state index in [4.69, 9.17) is 0 Å². The zero-order valence-electron chi connectivity index (χ0n) is 16.7. The first kappa shape index (κ1) is 20.0. The standard InChI is InChI=1S/C23H26BrN3O2/c1-25(15-17-7-2-3-10-21(17)26-11-4-5-12-26)23(29)18-13-22(28)27(16-18)20-9-6-8-19(24)14-20/h2-3,6-10,14,18H,4-5,11-13,15-16H2,1H3. The maximum absolute atomic E-state index is 13.1. The number of benzene rings is 2. The summed E-state index contributed by atoms with van der Waals surface area (Å²) in [5, 5.41) is 0. The summed E-state index contributed by atoms with van der Waals surface area (Å²) in [6, 6.07) is 16.0. The Morgan fingerprint density at radius 2 is 1.90 bits per heavy atom. The van der Waals surface area contributed by atoms with Crippen LogP contribution < -0.4 is 9.80 Å². The van der Waals surface area contributed by atoms with Gasteiger partial charge >= 0.3 is 0 Å². The van der Waals surface area contributed by atoms with E-state index < -0.39 is 0 Å². The molecule has 2 saturated heterocycles. The van der Waals surface area contributed by atoms with Crippen LogP contribution >= 0.6 is 15.9 Å². The van der Waals surface area contributed by atoms with Crippen LogP contribution in [-0.2, 0) is 16.1 Å². The van der Waals surface area contributed by atoms with Gasteiger partial charge in [0.25, 0.3) is 0 Å². The lowest BCUT2D eigenvalue weighted by Crippen LogP contribution is -2.34. The number of para-hydroxylation sites is 1. The summed E-state index contributed by atoms with van der Waals surface area (Å²) in [5.74, 6) is -0.259. The van der Waals surface area contributed by atoms with Crippen LogP contribution in [0.4, 0.5) is 11.4 Å². The lowest BCUT2D eigenvalue weighted by molar-refractivity contribution is -0.135. The second-order valence-electron chi connectivity index (χ2n) is 7.90. The number of carbonyl (C=O) groups is 2. The predicted octanol–water partition coefficient (Wildman–Crippen LogP) is 4.06. The van der Waals surface area contributed by atoms with Gasteiger partial charge in [-0.1, -0.05) is 40.2 Å². The maximum atomic E-state index is 13.1. The maximum Gasteiger partial charge on any atom is 0.228 e. The molecule has 152 valence electrons. The molecule has 0 aliphatic carbocycles. The van der Waals surface area contributed by atoms with E-state index in [0.29, 0.717) is 13.1 Å². The molecule has 2 amide bonds. The van der Waals surface area contributed by atoms with Gasteiger partial charge in [0.2, 0.25) is 11.8 Å². The normalized spacial score (nSPS) is 19.1. The summed E-state index contributed by atoms with van der Waals surface area (Å²) in [4.78, 5) is 31.5. The monoisotopic (exact) mass is 455 g/mol. The average molecular weight is 456 g/mol. The SMILES string of the molecule is CN(Cc1ccccc1N1CCCC1)C(=O)C1CC(=O)N(c2cccc(Br)c2)C1. The molecular weight excluding hydrogens is 430 g/mol. The fourth-order valence-electron chi connectivity index (χ4n) is 4.32. The van der Waals surface area contributed by atoms with Crippen molar-refractivity contribution in [3.05, 3.63) is 58.6 Å². The lowest BCUT2D eigenvalue weighted by atomic mass is 10.1. The molecule has 0 bridgehead atoms. The molecule has 29 heavy (non-hydrogen) atoms. The first-order valence-electron chi connectivity index (χ1n) is 10.2. The molecule has 6 heteroatoms. The van der Waals surface area contributed by atoms with E-state index in [-0.39, 0.29) is 24.2 Å². The van der Waals surface area contributed by atoms with E-state index in [1.165, 1.54) is 24.1 Å². The van der Waals surface area contributed by atoms with Crippen LogP contribution in [0.5, 0.6) is 0 Å². The van der Waals surface area contributed by atoms with Crippen LogP contribution in [0, 0.1) is 5.92 Å². The van der Waals surface area contributed by atoms with E-state index in [9.17, 15) is 9.59 Å². The molecule has 0 aromatic heterocycles. The molecule has 2 fully saturated rings. The van der Waals surface area contributed by atoms with Gasteiger partial charge in [-0.15, -0.1) is 0 Å². The van der Waals surface area contributed by atoms with Gasteiger partial charge in [-0.3, -0.25) is 9.59 Å². The van der Waals surface area contributed by atoms with Crippen LogP contribution in [0.15, 0.2) is 53.0 Å². The van der Waals surface area contributed by atoms with Crippen molar-refractivity contribution in [3.63, 3.8) is 0 Å². The molecule has 1 atom stereocenters. The number of rotatable bonds is 5. The Bertz CT molecular complexity index is 911. The van der Waals surface area contributed by atoms with Gasteiger partial charge < -0.3 is 14.7 Å². The van der Waals surface area contributed by atoms with Gasteiger partial charge in [-0.2, -0.15) is 0 Å². The van der Waals surface area contributed by atoms with Gasteiger partial charge in [0.05, 0.1) is 5.92 Å². The third-order valence-electron chi connectivity index (χ3n) is 5.82. The molecule has 1 unspecified atom stereocenters. The third-order valence-corrected chi connectivity index (χ3v) is 6.31. The molecule has 0 saturated carbocycles. The number of hydrogen-bond donors (Lipinski definition) is 0. The van der Waals surface area contributed by atoms with Gasteiger partial charge in [0.15, 0.2) is 0 Å². The number of anilines is 2. The average Bonchev–Trinajstić information content (AvgIpc) is 3.38. The lowest BCUT2D eigenvalue weighted by Gasteiger charge is -2.26. The van der Waals surface area contributed by atoms with E-state index in [1.54, 1.807) is 9.80 Å². The zero-order valence-corrected chi connectivity index (χ0v) is 18.3. The topological polar surface area (TPSA) is 43.9 Å². The van der Waals surface area contributed by atoms with Crippen molar-refractivity contribution >= 4 is 39.1 Å². The van der Waals surface area contributed by atoms with Crippen LogP contribution in [0.25, 0.3) is 0 Å². The van der Waals surface area contributed by atoms with E-state index in [1.807, 2.05) is 37.4 Å². The zero-order chi connectivity index (χ0) is 20.4.